The molecule has 0 saturated heterocycles. The van der Waals surface area contributed by atoms with E-state index < -0.39 is 0 Å². The molecular formula is C23H14N2O2. The third kappa shape index (κ3) is 2.27. The molecule has 1 aromatic heterocycles. The number of pyridine rings is 1. The van der Waals surface area contributed by atoms with Crippen LogP contribution >= 0.6 is 0 Å². The van der Waals surface area contributed by atoms with Crippen molar-refractivity contribution < 1.29 is 9.59 Å². The molecule has 1 aliphatic heterocycles. The molecule has 5 rings (SSSR count). The van der Waals surface area contributed by atoms with Gasteiger partial charge in [-0.25, -0.2) is 9.88 Å². The monoisotopic (exact) mass is 350 g/mol. The molecule has 0 bridgehead atoms. The molecule has 0 saturated carbocycles. The van der Waals surface area contributed by atoms with Crippen molar-refractivity contribution in [2.45, 2.75) is 0 Å². The SMILES string of the molecule is O=C1c2c(-c3ccccc3)nc3ccccc3c2C(=O)N1c1ccccc1. The van der Waals surface area contributed by atoms with Gasteiger partial charge in [-0.2, -0.15) is 0 Å². The van der Waals surface area contributed by atoms with Gasteiger partial charge < -0.3 is 0 Å². The average Bonchev–Trinajstić information content (AvgIpc) is 3.00. The largest absolute Gasteiger partial charge is 0.268 e. The lowest BCUT2D eigenvalue weighted by atomic mass is 9.98. The van der Waals surface area contributed by atoms with Crippen molar-refractivity contribution in [1.29, 1.82) is 0 Å². The van der Waals surface area contributed by atoms with E-state index in [0.717, 1.165) is 5.56 Å². The van der Waals surface area contributed by atoms with Crippen molar-refractivity contribution in [1.82, 2.24) is 4.98 Å². The maximum absolute atomic E-state index is 13.3. The first kappa shape index (κ1) is 15.5. The summed E-state index contributed by atoms with van der Waals surface area (Å²) < 4.78 is 0. The lowest BCUT2D eigenvalue weighted by Gasteiger charge is -2.13. The highest BCUT2D eigenvalue weighted by Crippen LogP contribution is 2.37. The second-order valence-electron chi connectivity index (χ2n) is 6.37. The van der Waals surface area contributed by atoms with Crippen LogP contribution in [0.1, 0.15) is 20.7 Å². The highest BCUT2D eigenvalue weighted by Gasteiger charge is 2.40. The summed E-state index contributed by atoms with van der Waals surface area (Å²) in [5.74, 6) is -0.643. The van der Waals surface area contributed by atoms with Gasteiger partial charge in [-0.3, -0.25) is 9.59 Å². The molecule has 128 valence electrons. The van der Waals surface area contributed by atoms with E-state index >= 15 is 0 Å². The maximum atomic E-state index is 13.3. The average molecular weight is 350 g/mol. The van der Waals surface area contributed by atoms with Crippen molar-refractivity contribution in [3.8, 4) is 11.3 Å². The number of hydrogen-bond acceptors (Lipinski definition) is 3. The van der Waals surface area contributed by atoms with Crippen LogP contribution in [0.25, 0.3) is 22.2 Å². The number of carbonyl (C=O) groups is 2. The lowest BCUT2D eigenvalue weighted by Crippen LogP contribution is -2.29. The molecule has 4 nitrogen and oxygen atoms in total. The molecule has 0 atom stereocenters. The van der Waals surface area contributed by atoms with E-state index in [4.69, 9.17) is 4.98 Å². The molecule has 0 fully saturated rings. The summed E-state index contributed by atoms with van der Waals surface area (Å²) in [5.41, 5.74) is 3.41. The van der Waals surface area contributed by atoms with Gasteiger partial charge in [0.25, 0.3) is 11.8 Å². The van der Waals surface area contributed by atoms with Crippen LogP contribution < -0.4 is 4.90 Å². The fourth-order valence-electron chi connectivity index (χ4n) is 3.57. The molecule has 4 aromatic rings. The Hall–Kier alpha value is -3.79. The van der Waals surface area contributed by atoms with Crippen LogP contribution in [-0.2, 0) is 0 Å². The summed E-state index contributed by atoms with van der Waals surface area (Å²) in [6.07, 6.45) is 0. The van der Waals surface area contributed by atoms with Crippen LogP contribution in [0.3, 0.4) is 0 Å². The second kappa shape index (κ2) is 5.88. The summed E-state index contributed by atoms with van der Waals surface area (Å²) >= 11 is 0. The summed E-state index contributed by atoms with van der Waals surface area (Å²) in [5, 5.41) is 0.698. The van der Waals surface area contributed by atoms with Crippen molar-refractivity contribution >= 4 is 28.4 Å². The minimum Gasteiger partial charge on any atom is -0.268 e. The number of carbonyl (C=O) groups excluding carboxylic acids is 2. The predicted octanol–water partition coefficient (Wildman–Crippen LogP) is 4.70. The van der Waals surface area contributed by atoms with Crippen molar-refractivity contribution in [2.24, 2.45) is 0 Å². The maximum Gasteiger partial charge on any atom is 0.268 e. The zero-order valence-electron chi connectivity index (χ0n) is 14.3. The van der Waals surface area contributed by atoms with E-state index in [1.807, 2.05) is 72.8 Å². The molecule has 0 radical (unpaired) electrons. The van der Waals surface area contributed by atoms with Gasteiger partial charge in [0.15, 0.2) is 0 Å². The van der Waals surface area contributed by atoms with E-state index in [9.17, 15) is 9.59 Å². The molecule has 2 amide bonds. The fourth-order valence-corrected chi connectivity index (χ4v) is 3.57. The number of nitrogens with zero attached hydrogens (tertiary/aromatic N) is 2. The van der Waals surface area contributed by atoms with E-state index in [0.29, 0.717) is 33.4 Å². The van der Waals surface area contributed by atoms with Gasteiger partial charge in [0.05, 0.1) is 28.0 Å². The minimum absolute atomic E-state index is 0.308. The van der Waals surface area contributed by atoms with E-state index in [1.54, 1.807) is 12.1 Å². The number of fused-ring (bicyclic) bond motifs is 3. The third-order valence-electron chi connectivity index (χ3n) is 4.79. The number of para-hydroxylation sites is 2. The zero-order valence-corrected chi connectivity index (χ0v) is 14.3. The second-order valence-corrected chi connectivity index (χ2v) is 6.37. The van der Waals surface area contributed by atoms with Gasteiger partial charge in [-0.05, 0) is 18.2 Å². The smallest absolute Gasteiger partial charge is 0.268 e. The summed E-state index contributed by atoms with van der Waals surface area (Å²) in [7, 11) is 0. The molecule has 3 aromatic carbocycles. The highest BCUT2D eigenvalue weighted by atomic mass is 16.2. The Balaban J connectivity index is 1.84. The van der Waals surface area contributed by atoms with E-state index in [-0.39, 0.29) is 11.8 Å². The molecule has 27 heavy (non-hydrogen) atoms. The van der Waals surface area contributed by atoms with Crippen LogP contribution in [0.4, 0.5) is 5.69 Å². The first-order chi connectivity index (χ1) is 13.3. The Kier molecular flexibility index (Phi) is 3.37. The van der Waals surface area contributed by atoms with Crippen molar-refractivity contribution in [2.75, 3.05) is 4.90 Å². The third-order valence-corrected chi connectivity index (χ3v) is 4.79. The number of benzene rings is 3. The summed E-state index contributed by atoms with van der Waals surface area (Å²) in [6, 6.07) is 26.0. The highest BCUT2D eigenvalue weighted by molar-refractivity contribution is 6.38. The number of hydrogen-bond donors (Lipinski definition) is 0. The number of anilines is 1. The van der Waals surface area contributed by atoms with Gasteiger partial charge in [0.2, 0.25) is 0 Å². The Morgan fingerprint density at radius 2 is 1.22 bits per heavy atom. The van der Waals surface area contributed by atoms with Gasteiger partial charge in [0, 0.05) is 10.9 Å². The molecule has 4 heteroatoms. The Bertz CT molecular complexity index is 1200. The Morgan fingerprint density at radius 1 is 0.630 bits per heavy atom. The van der Waals surface area contributed by atoms with Crippen molar-refractivity contribution in [3.63, 3.8) is 0 Å². The van der Waals surface area contributed by atoms with E-state index in [1.165, 1.54) is 4.90 Å². The van der Waals surface area contributed by atoms with Gasteiger partial charge >= 0.3 is 0 Å². The van der Waals surface area contributed by atoms with Gasteiger partial charge in [-0.1, -0.05) is 66.7 Å². The van der Waals surface area contributed by atoms with Crippen LogP contribution in [-0.4, -0.2) is 16.8 Å². The zero-order chi connectivity index (χ0) is 18.4. The van der Waals surface area contributed by atoms with Crippen LogP contribution in [0.2, 0.25) is 0 Å². The van der Waals surface area contributed by atoms with Gasteiger partial charge in [-0.15, -0.1) is 0 Å². The number of amides is 2. The molecule has 0 aliphatic carbocycles. The molecular weight excluding hydrogens is 336 g/mol. The first-order valence-electron chi connectivity index (χ1n) is 8.67. The Labute approximate surface area is 155 Å². The molecule has 0 N–H and O–H groups in total. The van der Waals surface area contributed by atoms with Gasteiger partial charge in [0.1, 0.15) is 0 Å². The molecule has 1 aliphatic rings. The topological polar surface area (TPSA) is 50.3 Å². The minimum atomic E-state index is -0.335. The molecule has 0 unspecified atom stereocenters. The van der Waals surface area contributed by atoms with Crippen LogP contribution in [0.5, 0.6) is 0 Å². The fraction of sp³-hybridized carbons (Fsp3) is 0. The Morgan fingerprint density at radius 3 is 1.96 bits per heavy atom. The van der Waals surface area contributed by atoms with E-state index in [2.05, 4.69) is 0 Å². The predicted molar refractivity (Wildman–Crippen MR) is 105 cm³/mol. The number of imide groups is 1. The number of aromatic nitrogens is 1. The standard InChI is InChI=1S/C23H14N2O2/c26-22-19-17-13-7-8-14-18(17)24-21(15-9-3-1-4-10-15)20(19)23(27)25(22)16-11-5-2-6-12-16/h1-14H. The molecule has 0 spiro atoms. The lowest BCUT2D eigenvalue weighted by molar-refractivity contribution is 0.0927. The van der Waals surface area contributed by atoms with Crippen molar-refractivity contribution in [3.05, 3.63) is 96.1 Å². The normalized spacial score (nSPS) is 13.3. The molecule has 2 heterocycles. The quantitative estimate of drug-likeness (QED) is 0.492. The summed E-state index contributed by atoms with van der Waals surface area (Å²) in [4.78, 5) is 32.6. The summed E-state index contributed by atoms with van der Waals surface area (Å²) in [6.45, 7) is 0. The van der Waals surface area contributed by atoms with Crippen LogP contribution in [0.15, 0.2) is 84.9 Å². The first-order valence-corrected chi connectivity index (χ1v) is 8.67. The number of rotatable bonds is 2. The van der Waals surface area contributed by atoms with Crippen LogP contribution in [0, 0.1) is 0 Å².